The lowest BCUT2D eigenvalue weighted by molar-refractivity contribution is -0.144. The van der Waals surface area contributed by atoms with E-state index in [2.05, 4.69) is 6.58 Å². The maximum Gasteiger partial charge on any atom is 0.310 e. The monoisotopic (exact) mass is 190 g/mol. The summed E-state index contributed by atoms with van der Waals surface area (Å²) in [6, 6.07) is 9.62. The highest BCUT2D eigenvalue weighted by atomic mass is 16.5. The van der Waals surface area contributed by atoms with Gasteiger partial charge in [0.1, 0.15) is 6.61 Å². The topological polar surface area (TPSA) is 26.3 Å². The molecule has 1 aromatic carbocycles. The molecule has 0 aliphatic rings. The van der Waals surface area contributed by atoms with Gasteiger partial charge in [-0.2, -0.15) is 0 Å². The van der Waals surface area contributed by atoms with Gasteiger partial charge in [0.2, 0.25) is 0 Å². The van der Waals surface area contributed by atoms with Crippen LogP contribution in [0.15, 0.2) is 42.5 Å². The van der Waals surface area contributed by atoms with Crippen molar-refractivity contribution in [2.45, 2.75) is 20.0 Å². The SMILES string of the molecule is C=C(C)CC(=O)OCc1ccccc1. The Labute approximate surface area is 84.2 Å². The Morgan fingerprint density at radius 3 is 2.57 bits per heavy atom. The van der Waals surface area contributed by atoms with Crippen LogP contribution in [0.25, 0.3) is 0 Å². The summed E-state index contributed by atoms with van der Waals surface area (Å²) in [6.45, 7) is 5.80. The number of carbonyl (C=O) groups excluding carboxylic acids is 1. The number of hydrogen-bond acceptors (Lipinski definition) is 2. The molecule has 2 nitrogen and oxygen atoms in total. The van der Waals surface area contributed by atoms with E-state index in [4.69, 9.17) is 4.74 Å². The minimum atomic E-state index is -0.221. The van der Waals surface area contributed by atoms with Crippen molar-refractivity contribution >= 4 is 5.97 Å². The number of esters is 1. The normalized spacial score (nSPS) is 9.50. The zero-order chi connectivity index (χ0) is 10.4. The highest BCUT2D eigenvalue weighted by Crippen LogP contribution is 2.03. The minimum Gasteiger partial charge on any atom is -0.461 e. The highest BCUT2D eigenvalue weighted by Gasteiger charge is 2.02. The molecule has 2 heteroatoms. The van der Waals surface area contributed by atoms with Gasteiger partial charge < -0.3 is 4.74 Å². The zero-order valence-corrected chi connectivity index (χ0v) is 8.32. The first kappa shape index (κ1) is 10.5. The van der Waals surface area contributed by atoms with Gasteiger partial charge in [-0.25, -0.2) is 0 Å². The standard InChI is InChI=1S/C12H14O2/c1-10(2)8-12(13)14-9-11-6-4-3-5-7-11/h3-7H,1,8-9H2,2H3. The largest absolute Gasteiger partial charge is 0.461 e. The number of rotatable bonds is 4. The predicted molar refractivity (Wildman–Crippen MR) is 55.7 cm³/mol. The minimum absolute atomic E-state index is 0.221. The molecule has 0 radical (unpaired) electrons. The second-order valence-corrected chi connectivity index (χ2v) is 3.28. The van der Waals surface area contributed by atoms with Crippen LogP contribution in [0.2, 0.25) is 0 Å². The van der Waals surface area contributed by atoms with E-state index < -0.39 is 0 Å². The highest BCUT2D eigenvalue weighted by molar-refractivity contribution is 5.72. The van der Waals surface area contributed by atoms with Crippen molar-refractivity contribution in [2.24, 2.45) is 0 Å². The second kappa shape index (κ2) is 5.22. The summed E-state index contributed by atoms with van der Waals surface area (Å²) in [5, 5.41) is 0. The second-order valence-electron chi connectivity index (χ2n) is 3.28. The Morgan fingerprint density at radius 2 is 2.00 bits per heavy atom. The van der Waals surface area contributed by atoms with E-state index in [1.807, 2.05) is 37.3 Å². The lowest BCUT2D eigenvalue weighted by Gasteiger charge is -2.04. The molecule has 74 valence electrons. The van der Waals surface area contributed by atoms with E-state index in [0.717, 1.165) is 11.1 Å². The first-order valence-electron chi connectivity index (χ1n) is 4.52. The lowest BCUT2D eigenvalue weighted by atomic mass is 10.2. The summed E-state index contributed by atoms with van der Waals surface area (Å²) >= 11 is 0. The average Bonchev–Trinajstić information content (AvgIpc) is 2.15. The molecule has 0 unspecified atom stereocenters. The third-order valence-electron chi connectivity index (χ3n) is 1.69. The van der Waals surface area contributed by atoms with E-state index in [0.29, 0.717) is 13.0 Å². The fraction of sp³-hybridized carbons (Fsp3) is 0.250. The number of ether oxygens (including phenoxy) is 1. The molecular formula is C12H14O2. The molecule has 0 saturated carbocycles. The molecule has 0 amide bonds. The number of benzene rings is 1. The summed E-state index contributed by atoms with van der Waals surface area (Å²) in [5.41, 5.74) is 1.82. The first-order valence-corrected chi connectivity index (χ1v) is 4.52. The van der Waals surface area contributed by atoms with Gasteiger partial charge in [0.05, 0.1) is 6.42 Å². The van der Waals surface area contributed by atoms with Crippen LogP contribution in [0, 0.1) is 0 Å². The van der Waals surface area contributed by atoms with Crippen molar-refractivity contribution in [3.63, 3.8) is 0 Å². The van der Waals surface area contributed by atoms with Crippen LogP contribution in [0.1, 0.15) is 18.9 Å². The maximum absolute atomic E-state index is 11.1. The van der Waals surface area contributed by atoms with Crippen LogP contribution in [-0.4, -0.2) is 5.97 Å². The molecule has 0 aliphatic carbocycles. The van der Waals surface area contributed by atoms with Gasteiger partial charge in [0, 0.05) is 0 Å². The van der Waals surface area contributed by atoms with Crippen LogP contribution >= 0.6 is 0 Å². The van der Waals surface area contributed by atoms with Crippen molar-refractivity contribution in [2.75, 3.05) is 0 Å². The number of hydrogen-bond donors (Lipinski definition) is 0. The molecule has 0 spiro atoms. The summed E-state index contributed by atoms with van der Waals surface area (Å²) < 4.78 is 5.04. The fourth-order valence-electron chi connectivity index (χ4n) is 1.04. The zero-order valence-electron chi connectivity index (χ0n) is 8.32. The quantitative estimate of drug-likeness (QED) is 0.539. The molecule has 0 aliphatic heterocycles. The van der Waals surface area contributed by atoms with Gasteiger partial charge in [-0.15, -0.1) is 0 Å². The summed E-state index contributed by atoms with van der Waals surface area (Å²) in [4.78, 5) is 11.1. The van der Waals surface area contributed by atoms with Crippen LogP contribution in [0.4, 0.5) is 0 Å². The summed E-state index contributed by atoms with van der Waals surface area (Å²) in [5.74, 6) is -0.221. The molecule has 14 heavy (non-hydrogen) atoms. The van der Waals surface area contributed by atoms with Crippen molar-refractivity contribution in [3.05, 3.63) is 48.0 Å². The third-order valence-corrected chi connectivity index (χ3v) is 1.69. The van der Waals surface area contributed by atoms with Crippen LogP contribution < -0.4 is 0 Å². The van der Waals surface area contributed by atoms with Crippen LogP contribution in [0.5, 0.6) is 0 Å². The van der Waals surface area contributed by atoms with Crippen molar-refractivity contribution in [1.29, 1.82) is 0 Å². The number of carbonyl (C=O) groups is 1. The van der Waals surface area contributed by atoms with Gasteiger partial charge in [-0.1, -0.05) is 42.5 Å². The Balaban J connectivity index is 2.34. The van der Waals surface area contributed by atoms with Gasteiger partial charge in [0.15, 0.2) is 0 Å². The van der Waals surface area contributed by atoms with E-state index in [-0.39, 0.29) is 5.97 Å². The van der Waals surface area contributed by atoms with Gasteiger partial charge in [-0.3, -0.25) is 4.79 Å². The maximum atomic E-state index is 11.1. The van der Waals surface area contributed by atoms with Crippen molar-refractivity contribution < 1.29 is 9.53 Å². The van der Waals surface area contributed by atoms with E-state index in [1.54, 1.807) is 0 Å². The Kier molecular flexibility index (Phi) is 3.92. The molecule has 1 rings (SSSR count). The molecule has 0 fully saturated rings. The van der Waals surface area contributed by atoms with E-state index >= 15 is 0 Å². The molecule has 0 aromatic heterocycles. The lowest BCUT2D eigenvalue weighted by Crippen LogP contribution is -2.04. The molecule has 0 bridgehead atoms. The molecule has 0 saturated heterocycles. The van der Waals surface area contributed by atoms with Crippen LogP contribution in [-0.2, 0) is 16.1 Å². The molecule has 0 heterocycles. The van der Waals surface area contributed by atoms with E-state index in [1.165, 1.54) is 0 Å². The summed E-state index contributed by atoms with van der Waals surface area (Å²) in [7, 11) is 0. The average molecular weight is 190 g/mol. The Bertz CT molecular complexity index is 314. The fourth-order valence-corrected chi connectivity index (χ4v) is 1.04. The van der Waals surface area contributed by atoms with Gasteiger partial charge >= 0.3 is 5.97 Å². The Hall–Kier alpha value is -1.57. The van der Waals surface area contributed by atoms with Crippen molar-refractivity contribution in [3.8, 4) is 0 Å². The van der Waals surface area contributed by atoms with Crippen LogP contribution in [0.3, 0.4) is 0 Å². The smallest absolute Gasteiger partial charge is 0.310 e. The van der Waals surface area contributed by atoms with Gasteiger partial charge in [0.25, 0.3) is 0 Å². The van der Waals surface area contributed by atoms with Crippen molar-refractivity contribution in [1.82, 2.24) is 0 Å². The molecule has 0 N–H and O–H groups in total. The Morgan fingerprint density at radius 1 is 1.36 bits per heavy atom. The third kappa shape index (κ3) is 3.90. The van der Waals surface area contributed by atoms with E-state index in [9.17, 15) is 4.79 Å². The first-order chi connectivity index (χ1) is 6.68. The molecule has 0 atom stereocenters. The van der Waals surface area contributed by atoms with Gasteiger partial charge in [-0.05, 0) is 12.5 Å². The predicted octanol–water partition coefficient (Wildman–Crippen LogP) is 2.70. The summed E-state index contributed by atoms with van der Waals surface area (Å²) in [6.07, 6.45) is 0.298. The molecular weight excluding hydrogens is 176 g/mol. The molecule has 1 aromatic rings.